The quantitative estimate of drug-likeness (QED) is 0.292. The molecule has 0 heterocycles. The summed E-state index contributed by atoms with van der Waals surface area (Å²) in [6.07, 6.45) is 0. The van der Waals surface area contributed by atoms with Crippen LogP contribution in [0.3, 0.4) is 0 Å². The second-order valence-corrected chi connectivity index (χ2v) is 1.77. The second kappa shape index (κ2) is 3.76. The van der Waals surface area contributed by atoms with E-state index in [-0.39, 0.29) is 4.81 Å². The van der Waals surface area contributed by atoms with Gasteiger partial charge in [-0.15, -0.1) is 9.68 Å². The largest absolute Gasteiger partial charge is 0.366 e. The molecule has 9 heavy (non-hydrogen) atoms. The van der Waals surface area contributed by atoms with Gasteiger partial charge in [0.05, 0.1) is 0 Å². The Morgan fingerprint density at radius 2 is 1.44 bits per heavy atom. The highest BCUT2D eigenvalue weighted by atomic mass is 17.0. The van der Waals surface area contributed by atoms with Crippen molar-refractivity contribution >= 4 is 0 Å². The predicted molar refractivity (Wildman–Crippen MR) is 28.4 cm³/mol. The van der Waals surface area contributed by atoms with Crippen LogP contribution < -0.4 is 0 Å². The Morgan fingerprint density at radius 3 is 1.67 bits per heavy atom. The van der Waals surface area contributed by atoms with Crippen molar-refractivity contribution < 1.29 is 24.7 Å². The summed E-state index contributed by atoms with van der Waals surface area (Å²) in [6.45, 7) is -0.875. The van der Waals surface area contributed by atoms with E-state index < -0.39 is 13.6 Å². The van der Waals surface area contributed by atoms with Gasteiger partial charge in [0.15, 0.2) is 0 Å². The first-order chi connectivity index (χ1) is 4.12. The zero-order chi connectivity index (χ0) is 7.33. The Bertz CT molecular complexity index is 67.0. The summed E-state index contributed by atoms with van der Waals surface area (Å²) < 4.78 is 0. The third-order valence-electron chi connectivity index (χ3n) is 0.737. The molecule has 0 aromatic heterocycles. The van der Waals surface area contributed by atoms with Gasteiger partial charge in [0, 0.05) is 0 Å². The maximum atomic E-state index is 8.23. The van der Waals surface area contributed by atoms with Crippen LogP contribution in [-0.2, 0) is 9.68 Å². The molecule has 0 atom stereocenters. The molecule has 0 aliphatic carbocycles. The molecule has 0 aromatic carbocycles. The van der Waals surface area contributed by atoms with Gasteiger partial charge in [0.1, 0.15) is 14.1 Å². The highest BCUT2D eigenvalue weighted by Gasteiger charge is 2.16. The van der Waals surface area contributed by atoms with E-state index in [4.69, 9.17) is 10.2 Å². The number of aliphatic hydroxyl groups is 2. The summed E-state index contributed by atoms with van der Waals surface area (Å²) in [6, 6.07) is 0. The molecule has 0 fully saturated rings. The molecule has 0 saturated carbocycles. The molecule has 56 valence electrons. The SMILES string of the molecule is C[N+](C)(OCO)OCO. The van der Waals surface area contributed by atoms with Gasteiger partial charge in [-0.25, -0.2) is 0 Å². The Hall–Kier alpha value is -0.200. The van der Waals surface area contributed by atoms with Crippen molar-refractivity contribution in [3.63, 3.8) is 0 Å². The molecule has 0 rings (SSSR count). The Balaban J connectivity index is 3.43. The summed E-state index contributed by atoms with van der Waals surface area (Å²) in [5.41, 5.74) is 0. The third kappa shape index (κ3) is 4.31. The first-order valence-corrected chi connectivity index (χ1v) is 2.47. The second-order valence-electron chi connectivity index (χ2n) is 1.77. The minimum Gasteiger partial charge on any atom is -0.366 e. The molecule has 0 unspecified atom stereocenters. The lowest BCUT2D eigenvalue weighted by Crippen LogP contribution is -2.40. The molecule has 0 aliphatic rings. The van der Waals surface area contributed by atoms with E-state index in [1.54, 1.807) is 0 Å². The summed E-state index contributed by atoms with van der Waals surface area (Å²) in [7, 11) is 3.07. The Labute approximate surface area is 53.5 Å². The molecule has 0 aromatic rings. The summed E-state index contributed by atoms with van der Waals surface area (Å²) in [5, 5.41) is 16.5. The lowest BCUT2D eigenvalue weighted by Gasteiger charge is -2.20. The first kappa shape index (κ1) is 8.80. The van der Waals surface area contributed by atoms with Crippen molar-refractivity contribution in [3.8, 4) is 0 Å². The smallest absolute Gasteiger partial charge is 0.206 e. The average Bonchev–Trinajstić information content (AvgIpc) is 1.64. The van der Waals surface area contributed by atoms with Gasteiger partial charge >= 0.3 is 0 Å². The summed E-state index contributed by atoms with van der Waals surface area (Å²) in [4.78, 5) is 8.85. The molecule has 0 radical (unpaired) electrons. The van der Waals surface area contributed by atoms with E-state index >= 15 is 0 Å². The van der Waals surface area contributed by atoms with Crippen molar-refractivity contribution in [1.82, 2.24) is 0 Å². The molecule has 0 amide bonds. The molecular weight excluding hydrogens is 126 g/mol. The zero-order valence-electron chi connectivity index (χ0n) is 5.57. The van der Waals surface area contributed by atoms with Crippen LogP contribution >= 0.6 is 0 Å². The Kier molecular flexibility index (Phi) is 3.67. The number of hydrogen-bond acceptors (Lipinski definition) is 4. The van der Waals surface area contributed by atoms with Crippen LogP contribution in [0.2, 0.25) is 0 Å². The average molecular weight is 138 g/mol. The molecule has 0 bridgehead atoms. The van der Waals surface area contributed by atoms with Crippen LogP contribution in [0.5, 0.6) is 0 Å². The van der Waals surface area contributed by atoms with Crippen LogP contribution in [-0.4, -0.2) is 42.7 Å². The molecule has 5 nitrogen and oxygen atoms in total. The lowest BCUT2D eigenvalue weighted by molar-refractivity contribution is -1.23. The normalized spacial score (nSPS) is 12.0. The summed E-state index contributed by atoms with van der Waals surface area (Å²) in [5.74, 6) is 0. The van der Waals surface area contributed by atoms with Gasteiger partial charge < -0.3 is 10.2 Å². The summed E-state index contributed by atoms with van der Waals surface area (Å²) >= 11 is 0. The molecule has 0 spiro atoms. The Morgan fingerprint density at radius 1 is 1.11 bits per heavy atom. The van der Waals surface area contributed by atoms with Crippen LogP contribution in [0.15, 0.2) is 0 Å². The highest BCUT2D eigenvalue weighted by molar-refractivity contribution is 3.79. The number of hydroxylamine groups is 4. The van der Waals surface area contributed by atoms with Gasteiger partial charge in [-0.2, -0.15) is 0 Å². The first-order valence-electron chi connectivity index (χ1n) is 2.47. The van der Waals surface area contributed by atoms with Crippen molar-refractivity contribution in [2.45, 2.75) is 0 Å². The van der Waals surface area contributed by atoms with E-state index in [1.807, 2.05) is 0 Å². The van der Waals surface area contributed by atoms with Crippen molar-refractivity contribution in [2.24, 2.45) is 0 Å². The van der Waals surface area contributed by atoms with Crippen molar-refractivity contribution in [3.05, 3.63) is 0 Å². The number of aliphatic hydroxyl groups excluding tert-OH is 2. The van der Waals surface area contributed by atoms with Crippen LogP contribution in [0.25, 0.3) is 0 Å². The maximum absolute atomic E-state index is 8.23. The van der Waals surface area contributed by atoms with Crippen molar-refractivity contribution in [1.29, 1.82) is 0 Å². The number of hydrogen-bond donors (Lipinski definition) is 2. The maximum Gasteiger partial charge on any atom is 0.206 e. The third-order valence-corrected chi connectivity index (χ3v) is 0.737. The monoisotopic (exact) mass is 138 g/mol. The van der Waals surface area contributed by atoms with Crippen LogP contribution in [0, 0.1) is 0 Å². The molecule has 0 saturated heterocycles. The number of nitrogens with zero attached hydrogens (tertiary/aromatic N) is 1. The van der Waals surface area contributed by atoms with Gasteiger partial charge in [0.2, 0.25) is 13.6 Å². The topological polar surface area (TPSA) is 58.9 Å². The number of quaternary nitrogens is 1. The fourth-order valence-corrected chi connectivity index (χ4v) is 0.315. The van der Waals surface area contributed by atoms with Gasteiger partial charge in [-0.1, -0.05) is 0 Å². The standard InChI is InChI=1S/C4H12NO4/c1-5(2,8-3-6)9-4-7/h6-7H,3-4H2,1-2H3/q+1. The van der Waals surface area contributed by atoms with E-state index in [0.717, 1.165) is 0 Å². The van der Waals surface area contributed by atoms with Crippen molar-refractivity contribution in [2.75, 3.05) is 27.7 Å². The van der Waals surface area contributed by atoms with E-state index in [9.17, 15) is 0 Å². The van der Waals surface area contributed by atoms with E-state index in [2.05, 4.69) is 9.68 Å². The lowest BCUT2D eigenvalue weighted by atomic mass is 11.1. The molecular formula is C4H12NO4+. The predicted octanol–water partition coefficient (Wildman–Crippen LogP) is -1.17. The minimum atomic E-state index is -0.438. The van der Waals surface area contributed by atoms with E-state index in [0.29, 0.717) is 0 Å². The zero-order valence-corrected chi connectivity index (χ0v) is 5.57. The highest BCUT2D eigenvalue weighted by Crippen LogP contribution is 1.97. The van der Waals surface area contributed by atoms with Gasteiger partial charge in [-0.05, 0) is 4.81 Å². The fraction of sp³-hybridized carbons (Fsp3) is 1.00. The van der Waals surface area contributed by atoms with Gasteiger partial charge in [0.25, 0.3) is 0 Å². The molecule has 2 N–H and O–H groups in total. The van der Waals surface area contributed by atoms with E-state index in [1.165, 1.54) is 14.1 Å². The van der Waals surface area contributed by atoms with Gasteiger partial charge in [-0.3, -0.25) is 0 Å². The molecule has 5 heteroatoms. The van der Waals surface area contributed by atoms with Crippen LogP contribution in [0.4, 0.5) is 0 Å². The molecule has 0 aliphatic heterocycles. The minimum absolute atomic E-state index is 0.312. The number of rotatable bonds is 4. The van der Waals surface area contributed by atoms with Crippen LogP contribution in [0.1, 0.15) is 0 Å². The fourth-order valence-electron chi connectivity index (χ4n) is 0.315.